The second-order valence-electron chi connectivity index (χ2n) is 7.27. The zero-order valence-electron chi connectivity index (χ0n) is 16.7. The van der Waals surface area contributed by atoms with Gasteiger partial charge in [0.15, 0.2) is 0 Å². The van der Waals surface area contributed by atoms with Crippen LogP contribution < -0.4 is 0 Å². The van der Waals surface area contributed by atoms with E-state index in [-0.39, 0.29) is 37.9 Å². The van der Waals surface area contributed by atoms with Crippen molar-refractivity contribution in [1.82, 2.24) is 9.80 Å². The number of halogens is 4. The summed E-state index contributed by atoms with van der Waals surface area (Å²) in [5, 5.41) is 0. The lowest BCUT2D eigenvalue weighted by Crippen LogP contribution is -2.50. The van der Waals surface area contributed by atoms with E-state index >= 15 is 0 Å². The summed E-state index contributed by atoms with van der Waals surface area (Å²) in [6.45, 7) is 0.655. The minimum absolute atomic E-state index is 0.127. The summed E-state index contributed by atoms with van der Waals surface area (Å²) in [5.74, 6) is -1.33. The van der Waals surface area contributed by atoms with E-state index in [1.54, 1.807) is 35.2 Å². The minimum atomic E-state index is -4.63. The van der Waals surface area contributed by atoms with Crippen LogP contribution in [0.4, 0.5) is 17.6 Å². The van der Waals surface area contributed by atoms with Gasteiger partial charge in [-0.05, 0) is 30.3 Å². The van der Waals surface area contributed by atoms with E-state index in [9.17, 15) is 27.2 Å². The number of carbonyl (C=O) groups excluding carboxylic acids is 2. The van der Waals surface area contributed by atoms with Crippen LogP contribution in [0.25, 0.3) is 10.4 Å². The lowest BCUT2D eigenvalue weighted by Gasteiger charge is -2.35. The van der Waals surface area contributed by atoms with Gasteiger partial charge in [-0.2, -0.15) is 13.2 Å². The Balaban J connectivity index is 1.43. The van der Waals surface area contributed by atoms with Gasteiger partial charge in [0.05, 0.1) is 16.0 Å². The molecule has 1 aromatic heterocycles. The highest BCUT2D eigenvalue weighted by atomic mass is 32.1. The molecule has 0 atom stereocenters. The SMILES string of the molecule is O=C(c1ccc(-c2ccccc2F)s1)N1CCN(C(=O)c2ccccc2C(F)(F)F)CC1. The molecule has 0 bridgehead atoms. The van der Waals surface area contributed by atoms with Crippen molar-refractivity contribution >= 4 is 23.2 Å². The summed E-state index contributed by atoms with van der Waals surface area (Å²) in [5.41, 5.74) is -0.953. The standard InChI is InChI=1S/C23H18F4N2O2S/c24-18-8-4-2-6-16(18)19-9-10-20(32-19)22(31)29-13-11-28(12-14-29)21(30)15-5-1-3-7-17(15)23(25,26)27/h1-10H,11-14H2. The third kappa shape index (κ3) is 4.38. The number of alkyl halides is 3. The number of carbonyl (C=O) groups is 2. The average molecular weight is 462 g/mol. The second kappa shape index (κ2) is 8.74. The van der Waals surface area contributed by atoms with Crippen molar-refractivity contribution in [2.24, 2.45) is 0 Å². The maximum Gasteiger partial charge on any atom is 0.417 e. The molecule has 0 saturated carbocycles. The number of benzene rings is 2. The first kappa shape index (κ1) is 22.0. The van der Waals surface area contributed by atoms with Gasteiger partial charge < -0.3 is 9.80 Å². The van der Waals surface area contributed by atoms with Gasteiger partial charge in [-0.3, -0.25) is 9.59 Å². The first-order valence-electron chi connectivity index (χ1n) is 9.85. The molecule has 1 aliphatic rings. The summed E-state index contributed by atoms with van der Waals surface area (Å²) in [6.07, 6.45) is -4.63. The zero-order valence-corrected chi connectivity index (χ0v) is 17.5. The van der Waals surface area contributed by atoms with Crippen LogP contribution in [0.1, 0.15) is 25.6 Å². The largest absolute Gasteiger partial charge is 0.417 e. The highest BCUT2D eigenvalue weighted by Crippen LogP contribution is 2.33. The van der Waals surface area contributed by atoms with Crippen molar-refractivity contribution in [2.45, 2.75) is 6.18 Å². The van der Waals surface area contributed by atoms with E-state index in [2.05, 4.69) is 0 Å². The molecule has 4 rings (SSSR count). The third-order valence-electron chi connectivity index (χ3n) is 5.27. The lowest BCUT2D eigenvalue weighted by atomic mass is 10.1. The maximum atomic E-state index is 14.0. The van der Waals surface area contributed by atoms with Gasteiger partial charge in [-0.15, -0.1) is 11.3 Å². The highest BCUT2D eigenvalue weighted by molar-refractivity contribution is 7.17. The van der Waals surface area contributed by atoms with Gasteiger partial charge >= 0.3 is 6.18 Å². The predicted octanol–water partition coefficient (Wildman–Crippen LogP) is 5.17. The first-order chi connectivity index (χ1) is 15.3. The molecule has 2 amide bonds. The van der Waals surface area contributed by atoms with E-state index < -0.39 is 23.2 Å². The van der Waals surface area contributed by atoms with Crippen molar-refractivity contribution in [3.63, 3.8) is 0 Å². The maximum absolute atomic E-state index is 14.0. The molecule has 0 radical (unpaired) electrons. The molecule has 2 aromatic carbocycles. The van der Waals surface area contributed by atoms with E-state index in [1.165, 1.54) is 40.5 Å². The van der Waals surface area contributed by atoms with Crippen LogP contribution in [0.3, 0.4) is 0 Å². The molecule has 32 heavy (non-hydrogen) atoms. The fraction of sp³-hybridized carbons (Fsp3) is 0.217. The number of nitrogens with zero attached hydrogens (tertiary/aromatic N) is 2. The van der Waals surface area contributed by atoms with E-state index in [0.29, 0.717) is 15.3 Å². The number of hydrogen-bond acceptors (Lipinski definition) is 3. The van der Waals surface area contributed by atoms with Crippen LogP contribution in [0, 0.1) is 5.82 Å². The molecule has 166 valence electrons. The number of hydrogen-bond donors (Lipinski definition) is 0. The van der Waals surface area contributed by atoms with Crippen LogP contribution in [-0.2, 0) is 6.18 Å². The van der Waals surface area contributed by atoms with E-state index in [0.717, 1.165) is 6.07 Å². The Hall–Kier alpha value is -3.20. The summed E-state index contributed by atoms with van der Waals surface area (Å²) in [6, 6.07) is 14.3. The monoisotopic (exact) mass is 462 g/mol. The Labute approximate surface area is 185 Å². The zero-order chi connectivity index (χ0) is 22.9. The minimum Gasteiger partial charge on any atom is -0.335 e. The predicted molar refractivity (Wildman–Crippen MR) is 113 cm³/mol. The average Bonchev–Trinajstić information content (AvgIpc) is 3.28. The quantitative estimate of drug-likeness (QED) is 0.504. The van der Waals surface area contributed by atoms with Crippen LogP contribution in [0.2, 0.25) is 0 Å². The molecule has 4 nitrogen and oxygen atoms in total. The van der Waals surface area contributed by atoms with Gasteiger partial charge in [0.1, 0.15) is 5.82 Å². The molecule has 9 heteroatoms. The van der Waals surface area contributed by atoms with Gasteiger partial charge in [-0.25, -0.2) is 4.39 Å². The summed E-state index contributed by atoms with van der Waals surface area (Å²) in [4.78, 5) is 29.5. The van der Waals surface area contributed by atoms with Crippen molar-refractivity contribution < 1.29 is 27.2 Å². The fourth-order valence-corrected chi connectivity index (χ4v) is 4.62. The molecule has 0 spiro atoms. The van der Waals surface area contributed by atoms with E-state index in [1.807, 2.05) is 0 Å². The molecule has 1 saturated heterocycles. The normalized spacial score (nSPS) is 14.5. The highest BCUT2D eigenvalue weighted by Gasteiger charge is 2.36. The Morgan fingerprint density at radius 1 is 0.781 bits per heavy atom. The molecule has 0 aliphatic carbocycles. The van der Waals surface area contributed by atoms with Crippen molar-refractivity contribution in [3.05, 3.63) is 82.5 Å². The Bertz CT molecular complexity index is 1150. The van der Waals surface area contributed by atoms with Gasteiger partial charge in [0.2, 0.25) is 0 Å². The fourth-order valence-electron chi connectivity index (χ4n) is 3.61. The number of amides is 2. The van der Waals surface area contributed by atoms with Gasteiger partial charge in [-0.1, -0.05) is 30.3 Å². The van der Waals surface area contributed by atoms with Crippen molar-refractivity contribution in [2.75, 3.05) is 26.2 Å². The van der Waals surface area contributed by atoms with Gasteiger partial charge in [0, 0.05) is 36.6 Å². The molecule has 3 aromatic rings. The van der Waals surface area contributed by atoms with Crippen LogP contribution in [0.15, 0.2) is 60.7 Å². The first-order valence-corrected chi connectivity index (χ1v) is 10.7. The molecule has 1 aliphatic heterocycles. The third-order valence-corrected chi connectivity index (χ3v) is 6.38. The molecule has 2 heterocycles. The Morgan fingerprint density at radius 3 is 2.03 bits per heavy atom. The molecule has 0 N–H and O–H groups in total. The topological polar surface area (TPSA) is 40.6 Å². The van der Waals surface area contributed by atoms with Crippen LogP contribution in [0.5, 0.6) is 0 Å². The number of thiophene rings is 1. The summed E-state index contributed by atoms with van der Waals surface area (Å²) in [7, 11) is 0. The smallest absolute Gasteiger partial charge is 0.335 e. The lowest BCUT2D eigenvalue weighted by molar-refractivity contribution is -0.138. The van der Waals surface area contributed by atoms with Gasteiger partial charge in [0.25, 0.3) is 11.8 Å². The Morgan fingerprint density at radius 2 is 1.38 bits per heavy atom. The van der Waals surface area contributed by atoms with Crippen molar-refractivity contribution in [3.8, 4) is 10.4 Å². The Kier molecular flexibility index (Phi) is 6.01. The molecule has 1 fully saturated rings. The summed E-state index contributed by atoms with van der Waals surface area (Å²) < 4.78 is 53.7. The molecule has 0 unspecified atom stereocenters. The molecular formula is C23H18F4N2O2S. The summed E-state index contributed by atoms with van der Waals surface area (Å²) >= 11 is 1.17. The van der Waals surface area contributed by atoms with Crippen LogP contribution >= 0.6 is 11.3 Å². The van der Waals surface area contributed by atoms with Crippen LogP contribution in [-0.4, -0.2) is 47.8 Å². The van der Waals surface area contributed by atoms with E-state index in [4.69, 9.17) is 0 Å². The van der Waals surface area contributed by atoms with Crippen molar-refractivity contribution in [1.29, 1.82) is 0 Å². The molecular weight excluding hydrogens is 444 g/mol. The number of rotatable bonds is 3. The second-order valence-corrected chi connectivity index (χ2v) is 8.36. The number of piperazine rings is 1.